The minimum Gasteiger partial charge on any atom is -0.326 e. The van der Waals surface area contributed by atoms with Gasteiger partial charge in [0.15, 0.2) is 0 Å². The highest BCUT2D eigenvalue weighted by Gasteiger charge is 2.35. The molecule has 2 amide bonds. The Morgan fingerprint density at radius 2 is 1.67 bits per heavy atom. The number of carbonyl (C=O) groups is 2. The second kappa shape index (κ2) is 11.9. The molecule has 0 spiro atoms. The molecule has 13 heteroatoms. The Bertz CT molecular complexity index is 1520. The zero-order valence-electron chi connectivity index (χ0n) is 21.0. The Kier molecular flexibility index (Phi) is 9.03. The fourth-order valence-electron chi connectivity index (χ4n) is 3.44. The first-order chi connectivity index (χ1) is 18.2. The summed E-state index contributed by atoms with van der Waals surface area (Å²) in [5, 5.41) is 5.98. The predicted molar refractivity (Wildman–Crippen MR) is 143 cm³/mol. The Labute approximate surface area is 228 Å². The number of alkyl halides is 3. The standard InChI is InChI=1S/C26H24ClF3N4O4S/c1-16-7-10-22(11-8-16)39(37,38)34(21-9-12-24(27)23(14-21)26(28,29)30)15-25(36)33-32-17(2)19-5-4-6-20(13-19)31-18(3)35/h4-14H,15H2,1-3H3,(H,31,35)(H,33,36)/b32-17-. The van der Waals surface area contributed by atoms with E-state index in [9.17, 15) is 31.2 Å². The number of hydrazone groups is 1. The highest BCUT2D eigenvalue weighted by molar-refractivity contribution is 7.92. The van der Waals surface area contributed by atoms with Gasteiger partial charge in [-0.25, -0.2) is 13.8 Å². The number of rotatable bonds is 8. The normalized spacial score (nSPS) is 12.1. The van der Waals surface area contributed by atoms with Crippen molar-refractivity contribution in [1.29, 1.82) is 0 Å². The zero-order chi connectivity index (χ0) is 29.0. The number of nitrogens with zero attached hydrogens (tertiary/aromatic N) is 2. The van der Waals surface area contributed by atoms with E-state index in [2.05, 4.69) is 15.8 Å². The maximum atomic E-state index is 13.5. The van der Waals surface area contributed by atoms with Crippen molar-refractivity contribution < 1.29 is 31.2 Å². The quantitative estimate of drug-likeness (QED) is 0.276. The third-order valence-corrected chi connectivity index (χ3v) is 7.51. The van der Waals surface area contributed by atoms with Crippen LogP contribution in [0.15, 0.2) is 76.7 Å². The van der Waals surface area contributed by atoms with Gasteiger partial charge in [0.05, 0.1) is 26.9 Å². The SMILES string of the molecule is CC(=O)Nc1cccc(/C(C)=N\NC(=O)CN(c2ccc(Cl)c(C(F)(F)F)c2)S(=O)(=O)c2ccc(C)cc2)c1. The van der Waals surface area contributed by atoms with Crippen molar-refractivity contribution in [2.45, 2.75) is 31.8 Å². The molecule has 0 aliphatic carbocycles. The number of carbonyl (C=O) groups excluding carboxylic acids is 2. The van der Waals surface area contributed by atoms with Crippen molar-refractivity contribution in [3.63, 3.8) is 0 Å². The van der Waals surface area contributed by atoms with Crippen LogP contribution in [0.3, 0.4) is 0 Å². The molecular weight excluding hydrogens is 557 g/mol. The van der Waals surface area contributed by atoms with Crippen LogP contribution in [0.5, 0.6) is 0 Å². The van der Waals surface area contributed by atoms with Gasteiger partial charge in [0.2, 0.25) is 5.91 Å². The molecule has 0 saturated carbocycles. The first kappa shape index (κ1) is 29.7. The fourth-order valence-corrected chi connectivity index (χ4v) is 5.08. The van der Waals surface area contributed by atoms with Gasteiger partial charge in [-0.1, -0.05) is 41.4 Å². The average molecular weight is 581 g/mol. The summed E-state index contributed by atoms with van der Waals surface area (Å²) >= 11 is 5.71. The van der Waals surface area contributed by atoms with E-state index < -0.39 is 44.9 Å². The van der Waals surface area contributed by atoms with E-state index in [1.165, 1.54) is 31.2 Å². The predicted octanol–water partition coefficient (Wildman–Crippen LogP) is 5.36. The topological polar surface area (TPSA) is 108 Å². The van der Waals surface area contributed by atoms with Gasteiger partial charge in [-0.3, -0.25) is 13.9 Å². The van der Waals surface area contributed by atoms with Crippen molar-refractivity contribution in [2.75, 3.05) is 16.2 Å². The van der Waals surface area contributed by atoms with Crippen molar-refractivity contribution in [3.05, 3.63) is 88.4 Å². The average Bonchev–Trinajstić information content (AvgIpc) is 2.85. The molecule has 8 nitrogen and oxygen atoms in total. The van der Waals surface area contributed by atoms with Gasteiger partial charge in [-0.05, 0) is 61.9 Å². The van der Waals surface area contributed by atoms with E-state index >= 15 is 0 Å². The van der Waals surface area contributed by atoms with E-state index in [1.54, 1.807) is 38.1 Å². The lowest BCUT2D eigenvalue weighted by atomic mass is 10.1. The highest BCUT2D eigenvalue weighted by atomic mass is 35.5. The van der Waals surface area contributed by atoms with Crippen LogP contribution in [0.2, 0.25) is 5.02 Å². The number of hydrogen-bond acceptors (Lipinski definition) is 5. The van der Waals surface area contributed by atoms with Crippen molar-refractivity contribution in [3.8, 4) is 0 Å². The molecule has 0 heterocycles. The second-order valence-electron chi connectivity index (χ2n) is 8.48. The molecule has 0 saturated heterocycles. The molecule has 206 valence electrons. The summed E-state index contributed by atoms with van der Waals surface area (Å²) < 4.78 is 68.0. The summed E-state index contributed by atoms with van der Waals surface area (Å²) in [4.78, 5) is 23.9. The minimum atomic E-state index is -4.86. The molecular formula is C26H24ClF3N4O4S. The number of nitrogens with one attached hydrogen (secondary N) is 2. The van der Waals surface area contributed by atoms with E-state index in [1.807, 2.05) is 0 Å². The zero-order valence-corrected chi connectivity index (χ0v) is 22.6. The fraction of sp³-hybridized carbons (Fsp3) is 0.192. The molecule has 0 fully saturated rings. The molecule has 0 radical (unpaired) electrons. The van der Waals surface area contributed by atoms with Gasteiger partial charge in [-0.15, -0.1) is 0 Å². The smallest absolute Gasteiger partial charge is 0.326 e. The van der Waals surface area contributed by atoms with Gasteiger partial charge in [-0.2, -0.15) is 18.3 Å². The van der Waals surface area contributed by atoms with Gasteiger partial charge in [0, 0.05) is 12.6 Å². The van der Waals surface area contributed by atoms with E-state index in [0.29, 0.717) is 27.3 Å². The van der Waals surface area contributed by atoms with Gasteiger partial charge >= 0.3 is 6.18 Å². The monoisotopic (exact) mass is 580 g/mol. The van der Waals surface area contributed by atoms with E-state index in [0.717, 1.165) is 17.7 Å². The number of halogens is 4. The highest BCUT2D eigenvalue weighted by Crippen LogP contribution is 2.38. The van der Waals surface area contributed by atoms with Crippen LogP contribution in [0.1, 0.15) is 30.5 Å². The Morgan fingerprint density at radius 3 is 2.28 bits per heavy atom. The van der Waals surface area contributed by atoms with Crippen LogP contribution in [-0.4, -0.2) is 32.5 Å². The van der Waals surface area contributed by atoms with Crippen LogP contribution < -0.4 is 15.0 Å². The first-order valence-corrected chi connectivity index (χ1v) is 13.2. The third kappa shape index (κ3) is 7.58. The first-order valence-electron chi connectivity index (χ1n) is 11.4. The molecule has 3 aromatic rings. The Hall–Kier alpha value is -3.90. The number of aryl methyl sites for hydroxylation is 1. The summed E-state index contributed by atoms with van der Waals surface area (Å²) in [6.07, 6.45) is -4.86. The molecule has 0 unspecified atom stereocenters. The number of benzene rings is 3. The second-order valence-corrected chi connectivity index (χ2v) is 10.8. The van der Waals surface area contributed by atoms with Crippen molar-refractivity contribution >= 4 is 50.5 Å². The molecule has 0 aliphatic rings. The van der Waals surface area contributed by atoms with Crippen LogP contribution in [0.25, 0.3) is 0 Å². The van der Waals surface area contributed by atoms with Crippen LogP contribution in [0.4, 0.5) is 24.5 Å². The maximum absolute atomic E-state index is 13.5. The summed E-state index contributed by atoms with van der Waals surface area (Å²) in [5.74, 6) is -1.19. The van der Waals surface area contributed by atoms with Gasteiger partial charge < -0.3 is 5.32 Å². The molecule has 0 aliphatic heterocycles. The van der Waals surface area contributed by atoms with Crippen LogP contribution >= 0.6 is 11.6 Å². The van der Waals surface area contributed by atoms with Gasteiger partial charge in [0.25, 0.3) is 15.9 Å². The number of amides is 2. The molecule has 0 aromatic heterocycles. The largest absolute Gasteiger partial charge is 0.417 e. The van der Waals surface area contributed by atoms with E-state index in [-0.39, 0.29) is 10.8 Å². The number of hydrogen-bond donors (Lipinski definition) is 2. The van der Waals surface area contributed by atoms with Crippen molar-refractivity contribution in [1.82, 2.24) is 5.43 Å². The molecule has 39 heavy (non-hydrogen) atoms. The lowest BCUT2D eigenvalue weighted by molar-refractivity contribution is -0.137. The molecule has 3 aromatic carbocycles. The summed E-state index contributed by atoms with van der Waals surface area (Å²) in [6.45, 7) is 3.78. The Morgan fingerprint density at radius 1 is 1.00 bits per heavy atom. The molecule has 0 atom stereocenters. The third-order valence-electron chi connectivity index (χ3n) is 5.39. The lowest BCUT2D eigenvalue weighted by Crippen LogP contribution is -2.40. The molecule has 3 rings (SSSR count). The molecule has 2 N–H and O–H groups in total. The minimum absolute atomic E-state index is 0.223. The number of sulfonamides is 1. The molecule has 0 bridgehead atoms. The van der Waals surface area contributed by atoms with Gasteiger partial charge in [0.1, 0.15) is 6.54 Å². The van der Waals surface area contributed by atoms with E-state index in [4.69, 9.17) is 11.6 Å². The van der Waals surface area contributed by atoms with Crippen molar-refractivity contribution in [2.24, 2.45) is 5.10 Å². The summed E-state index contributed by atoms with van der Waals surface area (Å²) in [7, 11) is -4.48. The van der Waals surface area contributed by atoms with Crippen LogP contribution in [0, 0.1) is 6.92 Å². The maximum Gasteiger partial charge on any atom is 0.417 e. The Balaban J connectivity index is 1.95. The number of anilines is 2. The summed E-state index contributed by atoms with van der Waals surface area (Å²) in [5.41, 5.74) is 2.72. The lowest BCUT2D eigenvalue weighted by Gasteiger charge is -2.25. The van der Waals surface area contributed by atoms with Crippen LogP contribution in [-0.2, 0) is 25.8 Å². The summed E-state index contributed by atoms with van der Waals surface area (Å²) in [6, 6.07) is 14.8.